The molecule has 0 aliphatic heterocycles. The first-order valence-corrected chi connectivity index (χ1v) is 4.64. The summed E-state index contributed by atoms with van der Waals surface area (Å²) < 4.78 is 10.6. The zero-order chi connectivity index (χ0) is 9.23. The summed E-state index contributed by atoms with van der Waals surface area (Å²) >= 11 is 0. The van der Waals surface area contributed by atoms with Crippen molar-refractivity contribution in [2.75, 3.05) is 33.5 Å². The monoisotopic (exact) mass is 175 g/mol. The van der Waals surface area contributed by atoms with Crippen molar-refractivity contribution in [1.82, 2.24) is 5.32 Å². The lowest BCUT2D eigenvalue weighted by molar-refractivity contribution is 0.0417. The zero-order valence-corrected chi connectivity index (χ0v) is 8.43. The molecule has 3 heteroatoms. The van der Waals surface area contributed by atoms with Gasteiger partial charge >= 0.3 is 0 Å². The van der Waals surface area contributed by atoms with E-state index in [9.17, 15) is 0 Å². The predicted molar refractivity (Wildman–Crippen MR) is 50.5 cm³/mol. The molecule has 0 rings (SSSR count). The Balaban J connectivity index is 2.90. The Labute approximate surface area is 75.4 Å². The average molecular weight is 175 g/mol. The number of hydrogen-bond acceptors (Lipinski definition) is 3. The Morgan fingerprint density at radius 1 is 1.17 bits per heavy atom. The highest BCUT2D eigenvalue weighted by atomic mass is 16.5. The van der Waals surface area contributed by atoms with Crippen molar-refractivity contribution in [3.8, 4) is 0 Å². The van der Waals surface area contributed by atoms with Crippen molar-refractivity contribution in [2.45, 2.75) is 26.3 Å². The lowest BCUT2D eigenvalue weighted by atomic mass is 10.4. The first-order chi connectivity index (χ1) is 5.81. The van der Waals surface area contributed by atoms with Gasteiger partial charge in [0.15, 0.2) is 0 Å². The molecule has 1 atom stereocenters. The van der Waals surface area contributed by atoms with E-state index in [-0.39, 0.29) is 0 Å². The van der Waals surface area contributed by atoms with Crippen LogP contribution in [0.25, 0.3) is 0 Å². The predicted octanol–water partition coefficient (Wildman–Crippen LogP) is 1.04. The van der Waals surface area contributed by atoms with Gasteiger partial charge in [0, 0.05) is 12.6 Å². The fourth-order valence-corrected chi connectivity index (χ4v) is 0.708. The van der Waals surface area contributed by atoms with Gasteiger partial charge in [0.05, 0.1) is 19.8 Å². The molecule has 74 valence electrons. The van der Waals surface area contributed by atoms with Crippen LogP contribution in [0.4, 0.5) is 0 Å². The Kier molecular flexibility index (Phi) is 8.88. The molecular formula is C9H21NO2. The Hall–Kier alpha value is -0.120. The molecule has 0 amide bonds. The summed E-state index contributed by atoms with van der Waals surface area (Å²) in [6, 6.07) is 0.427. The van der Waals surface area contributed by atoms with Crippen LogP contribution >= 0.6 is 0 Å². The molecule has 12 heavy (non-hydrogen) atoms. The van der Waals surface area contributed by atoms with E-state index >= 15 is 0 Å². The van der Waals surface area contributed by atoms with Crippen LogP contribution in [0.3, 0.4) is 0 Å². The molecule has 0 aromatic heterocycles. The summed E-state index contributed by atoms with van der Waals surface area (Å²) in [5.74, 6) is 0. The minimum Gasteiger partial charge on any atom is -0.379 e. The van der Waals surface area contributed by atoms with E-state index in [0.717, 1.165) is 19.6 Å². The molecule has 0 bridgehead atoms. The van der Waals surface area contributed by atoms with E-state index in [2.05, 4.69) is 19.2 Å². The number of nitrogens with one attached hydrogen (secondary N) is 1. The average Bonchev–Trinajstić information content (AvgIpc) is 2.10. The maximum absolute atomic E-state index is 5.35. The Morgan fingerprint density at radius 3 is 2.42 bits per heavy atom. The summed E-state index contributed by atoms with van der Waals surface area (Å²) in [5.41, 5.74) is 0. The molecule has 0 saturated carbocycles. The zero-order valence-electron chi connectivity index (χ0n) is 8.43. The highest BCUT2D eigenvalue weighted by molar-refractivity contribution is 4.53. The number of likely N-dealkylation sites (N-methyl/N-ethyl adjacent to an activating group) is 1. The highest BCUT2D eigenvalue weighted by Gasteiger charge is 1.96. The fourth-order valence-electron chi connectivity index (χ4n) is 0.708. The van der Waals surface area contributed by atoms with Crippen LogP contribution in [0.1, 0.15) is 20.3 Å². The maximum Gasteiger partial charge on any atom is 0.0701 e. The molecule has 0 aliphatic rings. The quantitative estimate of drug-likeness (QED) is 0.559. The maximum atomic E-state index is 5.35. The number of ether oxygens (including phenoxy) is 2. The molecule has 0 aliphatic carbocycles. The lowest BCUT2D eigenvalue weighted by Gasteiger charge is -2.10. The van der Waals surface area contributed by atoms with Gasteiger partial charge < -0.3 is 14.8 Å². The third-order valence-corrected chi connectivity index (χ3v) is 1.58. The van der Waals surface area contributed by atoms with Crippen LogP contribution in [0.5, 0.6) is 0 Å². The van der Waals surface area contributed by atoms with Crippen molar-refractivity contribution >= 4 is 0 Å². The fraction of sp³-hybridized carbons (Fsp3) is 1.00. The molecule has 0 saturated heterocycles. The minimum atomic E-state index is 0.427. The summed E-state index contributed by atoms with van der Waals surface area (Å²) in [6.45, 7) is 7.20. The van der Waals surface area contributed by atoms with Crippen LogP contribution in [0.2, 0.25) is 0 Å². The third kappa shape index (κ3) is 7.98. The molecule has 0 aromatic carbocycles. The molecule has 0 aromatic rings. The molecule has 0 spiro atoms. The second-order valence-electron chi connectivity index (χ2n) is 2.88. The Bertz CT molecular complexity index is 88.6. The van der Waals surface area contributed by atoms with Gasteiger partial charge in [0.25, 0.3) is 0 Å². The molecule has 3 nitrogen and oxygen atoms in total. The SMILES string of the molecule is CCCOCCOCC(C)NC. The summed E-state index contributed by atoms with van der Waals surface area (Å²) in [7, 11) is 1.93. The van der Waals surface area contributed by atoms with Crippen molar-refractivity contribution in [1.29, 1.82) is 0 Å². The van der Waals surface area contributed by atoms with E-state index < -0.39 is 0 Å². The lowest BCUT2D eigenvalue weighted by Crippen LogP contribution is -2.27. The van der Waals surface area contributed by atoms with Gasteiger partial charge in [-0.25, -0.2) is 0 Å². The topological polar surface area (TPSA) is 30.5 Å². The van der Waals surface area contributed by atoms with Gasteiger partial charge in [-0.3, -0.25) is 0 Å². The summed E-state index contributed by atoms with van der Waals surface area (Å²) in [6.07, 6.45) is 1.08. The van der Waals surface area contributed by atoms with Crippen LogP contribution in [-0.4, -0.2) is 39.5 Å². The molecular weight excluding hydrogens is 154 g/mol. The van der Waals surface area contributed by atoms with Crippen LogP contribution in [0, 0.1) is 0 Å². The van der Waals surface area contributed by atoms with E-state index in [1.165, 1.54) is 0 Å². The summed E-state index contributed by atoms with van der Waals surface area (Å²) in [5, 5.41) is 3.10. The smallest absolute Gasteiger partial charge is 0.0701 e. The standard InChI is InChI=1S/C9H21NO2/c1-4-5-11-6-7-12-8-9(2)10-3/h9-10H,4-8H2,1-3H3. The van der Waals surface area contributed by atoms with Crippen LogP contribution < -0.4 is 5.32 Å². The van der Waals surface area contributed by atoms with Crippen molar-refractivity contribution < 1.29 is 9.47 Å². The molecule has 1 unspecified atom stereocenters. The van der Waals surface area contributed by atoms with Crippen LogP contribution in [0.15, 0.2) is 0 Å². The second kappa shape index (κ2) is 8.97. The Morgan fingerprint density at radius 2 is 1.83 bits per heavy atom. The van der Waals surface area contributed by atoms with E-state index in [4.69, 9.17) is 9.47 Å². The molecule has 0 fully saturated rings. The van der Waals surface area contributed by atoms with E-state index in [1.807, 2.05) is 7.05 Å². The normalized spacial score (nSPS) is 13.2. The van der Waals surface area contributed by atoms with Gasteiger partial charge in [-0.2, -0.15) is 0 Å². The third-order valence-electron chi connectivity index (χ3n) is 1.58. The van der Waals surface area contributed by atoms with Gasteiger partial charge in [0.2, 0.25) is 0 Å². The second-order valence-corrected chi connectivity index (χ2v) is 2.88. The first kappa shape index (κ1) is 11.9. The summed E-state index contributed by atoms with van der Waals surface area (Å²) in [4.78, 5) is 0. The first-order valence-electron chi connectivity index (χ1n) is 4.64. The van der Waals surface area contributed by atoms with Gasteiger partial charge in [-0.05, 0) is 20.4 Å². The van der Waals surface area contributed by atoms with Crippen molar-refractivity contribution in [2.24, 2.45) is 0 Å². The van der Waals surface area contributed by atoms with Crippen molar-refractivity contribution in [3.05, 3.63) is 0 Å². The molecule has 0 radical (unpaired) electrons. The molecule has 1 N–H and O–H groups in total. The number of hydrogen-bond donors (Lipinski definition) is 1. The van der Waals surface area contributed by atoms with E-state index in [1.54, 1.807) is 0 Å². The van der Waals surface area contributed by atoms with Gasteiger partial charge in [-0.15, -0.1) is 0 Å². The van der Waals surface area contributed by atoms with Gasteiger partial charge in [0.1, 0.15) is 0 Å². The van der Waals surface area contributed by atoms with E-state index in [0.29, 0.717) is 19.3 Å². The van der Waals surface area contributed by atoms with Crippen LogP contribution in [-0.2, 0) is 9.47 Å². The minimum absolute atomic E-state index is 0.427. The van der Waals surface area contributed by atoms with Gasteiger partial charge in [-0.1, -0.05) is 6.92 Å². The van der Waals surface area contributed by atoms with Crippen molar-refractivity contribution in [3.63, 3.8) is 0 Å². The molecule has 0 heterocycles. The largest absolute Gasteiger partial charge is 0.379 e. The number of rotatable bonds is 8. The highest BCUT2D eigenvalue weighted by Crippen LogP contribution is 1.84.